The summed E-state index contributed by atoms with van der Waals surface area (Å²) in [6.07, 6.45) is 0. The zero-order valence-corrected chi connectivity index (χ0v) is 11.3. The van der Waals surface area contributed by atoms with Gasteiger partial charge in [0.1, 0.15) is 6.61 Å². The Bertz CT molecular complexity index is 638. The highest BCUT2D eigenvalue weighted by molar-refractivity contribution is 5.41. The van der Waals surface area contributed by atoms with Crippen LogP contribution in [0.15, 0.2) is 42.5 Å². The van der Waals surface area contributed by atoms with Crippen molar-refractivity contribution in [2.45, 2.75) is 13.5 Å². The Morgan fingerprint density at radius 1 is 1.15 bits per heavy atom. The Balaban J connectivity index is 2.10. The van der Waals surface area contributed by atoms with Crippen molar-refractivity contribution in [1.29, 1.82) is 0 Å². The summed E-state index contributed by atoms with van der Waals surface area (Å²) in [6, 6.07) is 12.5. The first kappa shape index (κ1) is 14.1. The van der Waals surface area contributed by atoms with Crippen molar-refractivity contribution in [3.63, 3.8) is 0 Å². The van der Waals surface area contributed by atoms with Crippen LogP contribution in [0.5, 0.6) is 5.75 Å². The van der Waals surface area contributed by atoms with Crippen LogP contribution in [0, 0.1) is 24.6 Å². The van der Waals surface area contributed by atoms with Gasteiger partial charge in [0.05, 0.1) is 6.54 Å². The van der Waals surface area contributed by atoms with E-state index in [9.17, 15) is 4.39 Å². The Morgan fingerprint density at radius 2 is 1.90 bits per heavy atom. The van der Waals surface area contributed by atoms with Crippen molar-refractivity contribution in [1.82, 2.24) is 0 Å². The molecule has 0 aliphatic heterocycles. The minimum atomic E-state index is -0.393. The Kier molecular flexibility index (Phi) is 4.75. The van der Waals surface area contributed by atoms with E-state index in [0.29, 0.717) is 12.2 Å². The van der Waals surface area contributed by atoms with E-state index in [4.69, 9.17) is 10.5 Å². The molecule has 0 aliphatic rings. The van der Waals surface area contributed by atoms with Gasteiger partial charge in [-0.3, -0.25) is 0 Å². The highest BCUT2D eigenvalue weighted by Gasteiger charge is 2.04. The summed E-state index contributed by atoms with van der Waals surface area (Å²) in [6.45, 7) is 2.62. The lowest BCUT2D eigenvalue weighted by Crippen LogP contribution is -1.98. The zero-order valence-electron chi connectivity index (χ0n) is 11.3. The fourth-order valence-electron chi connectivity index (χ4n) is 1.69. The van der Waals surface area contributed by atoms with Gasteiger partial charge in [0.15, 0.2) is 11.6 Å². The summed E-state index contributed by atoms with van der Waals surface area (Å²) < 4.78 is 19.2. The lowest BCUT2D eigenvalue weighted by atomic mass is 10.1. The maximum absolute atomic E-state index is 13.7. The van der Waals surface area contributed by atoms with E-state index < -0.39 is 5.82 Å². The Hall–Kier alpha value is -2.31. The van der Waals surface area contributed by atoms with Crippen LogP contribution in [0.1, 0.15) is 16.7 Å². The molecule has 0 saturated heterocycles. The first-order valence-corrected chi connectivity index (χ1v) is 6.36. The molecule has 0 aliphatic carbocycles. The number of rotatable bonds is 3. The zero-order chi connectivity index (χ0) is 14.4. The van der Waals surface area contributed by atoms with Crippen molar-refractivity contribution in [3.8, 4) is 17.6 Å². The van der Waals surface area contributed by atoms with Gasteiger partial charge in [-0.25, -0.2) is 4.39 Å². The van der Waals surface area contributed by atoms with Gasteiger partial charge in [-0.05, 0) is 30.7 Å². The summed E-state index contributed by atoms with van der Waals surface area (Å²) in [5.74, 6) is 5.40. The molecule has 2 N–H and O–H groups in total. The Morgan fingerprint density at radius 3 is 2.60 bits per heavy atom. The molecular weight excluding hydrogens is 253 g/mol. The molecule has 3 heteroatoms. The summed E-state index contributed by atoms with van der Waals surface area (Å²) in [5.41, 5.74) is 8.18. The van der Waals surface area contributed by atoms with Gasteiger partial charge >= 0.3 is 0 Å². The number of halogens is 1. The predicted molar refractivity (Wildman–Crippen MR) is 77.8 cm³/mol. The van der Waals surface area contributed by atoms with Crippen LogP contribution in [0.25, 0.3) is 0 Å². The summed E-state index contributed by atoms with van der Waals surface area (Å²) >= 11 is 0. The van der Waals surface area contributed by atoms with Gasteiger partial charge in [0.2, 0.25) is 0 Å². The van der Waals surface area contributed by atoms with E-state index in [2.05, 4.69) is 11.8 Å². The Labute approximate surface area is 118 Å². The second-order valence-corrected chi connectivity index (χ2v) is 4.43. The van der Waals surface area contributed by atoms with E-state index in [0.717, 1.165) is 5.56 Å². The van der Waals surface area contributed by atoms with Crippen LogP contribution in [0.4, 0.5) is 4.39 Å². The summed E-state index contributed by atoms with van der Waals surface area (Å²) in [4.78, 5) is 0. The van der Waals surface area contributed by atoms with Crippen LogP contribution < -0.4 is 10.5 Å². The normalized spacial score (nSPS) is 9.75. The van der Waals surface area contributed by atoms with Crippen LogP contribution in [-0.4, -0.2) is 6.54 Å². The first-order valence-electron chi connectivity index (χ1n) is 6.36. The number of nitrogens with two attached hydrogens (primary N) is 1. The smallest absolute Gasteiger partial charge is 0.165 e. The molecule has 20 heavy (non-hydrogen) atoms. The molecule has 0 fully saturated rings. The van der Waals surface area contributed by atoms with Crippen molar-refractivity contribution in [2.24, 2.45) is 5.73 Å². The lowest BCUT2D eigenvalue weighted by Gasteiger charge is -2.08. The molecule has 0 atom stereocenters. The average Bonchev–Trinajstić information content (AvgIpc) is 2.46. The third-order valence-electron chi connectivity index (χ3n) is 2.78. The summed E-state index contributed by atoms with van der Waals surface area (Å²) in [5, 5.41) is 0. The van der Waals surface area contributed by atoms with E-state index in [1.165, 1.54) is 11.6 Å². The molecule has 2 aromatic rings. The van der Waals surface area contributed by atoms with Gasteiger partial charge < -0.3 is 10.5 Å². The molecule has 0 spiro atoms. The summed E-state index contributed by atoms with van der Waals surface area (Å²) in [7, 11) is 0. The number of hydrogen-bond donors (Lipinski definition) is 1. The minimum Gasteiger partial charge on any atom is -0.486 e. The molecule has 0 saturated carbocycles. The van der Waals surface area contributed by atoms with Gasteiger partial charge in [0.25, 0.3) is 0 Å². The average molecular weight is 269 g/mol. The quantitative estimate of drug-likeness (QED) is 0.869. The van der Waals surface area contributed by atoms with E-state index in [-0.39, 0.29) is 12.3 Å². The molecular formula is C17H16FNO. The first-order chi connectivity index (χ1) is 9.69. The van der Waals surface area contributed by atoms with Gasteiger partial charge in [-0.2, -0.15) is 0 Å². The van der Waals surface area contributed by atoms with Gasteiger partial charge in [-0.15, -0.1) is 0 Å². The molecule has 0 radical (unpaired) electrons. The molecule has 2 nitrogen and oxygen atoms in total. The molecule has 0 heterocycles. The number of hydrogen-bond acceptors (Lipinski definition) is 2. The number of ether oxygens (including phenoxy) is 1. The maximum Gasteiger partial charge on any atom is 0.165 e. The highest BCUT2D eigenvalue weighted by atomic mass is 19.1. The van der Waals surface area contributed by atoms with Crippen LogP contribution in [0.3, 0.4) is 0 Å². The van der Waals surface area contributed by atoms with Gasteiger partial charge in [0, 0.05) is 5.56 Å². The van der Waals surface area contributed by atoms with E-state index in [1.807, 2.05) is 31.2 Å². The number of benzene rings is 2. The van der Waals surface area contributed by atoms with Gasteiger partial charge in [-0.1, -0.05) is 41.7 Å². The standard InChI is InChI=1S/C17H16FNO/c1-13-4-6-15(7-5-13)12-20-17-11-14(3-2-10-19)8-9-16(17)18/h4-9,11H,10,12,19H2,1H3. The molecule has 2 rings (SSSR count). The van der Waals surface area contributed by atoms with Crippen molar-refractivity contribution in [2.75, 3.05) is 6.54 Å². The number of aryl methyl sites for hydroxylation is 1. The van der Waals surface area contributed by atoms with Crippen molar-refractivity contribution < 1.29 is 9.13 Å². The molecule has 0 bridgehead atoms. The maximum atomic E-state index is 13.7. The molecule has 2 aromatic carbocycles. The van der Waals surface area contributed by atoms with Crippen molar-refractivity contribution >= 4 is 0 Å². The monoisotopic (exact) mass is 269 g/mol. The van der Waals surface area contributed by atoms with Crippen LogP contribution >= 0.6 is 0 Å². The minimum absolute atomic E-state index is 0.203. The second-order valence-electron chi connectivity index (χ2n) is 4.43. The third-order valence-corrected chi connectivity index (χ3v) is 2.78. The topological polar surface area (TPSA) is 35.2 Å². The third kappa shape index (κ3) is 3.84. The van der Waals surface area contributed by atoms with Crippen molar-refractivity contribution in [3.05, 3.63) is 65.0 Å². The molecule has 102 valence electrons. The fraction of sp³-hybridized carbons (Fsp3) is 0.176. The van der Waals surface area contributed by atoms with Crippen LogP contribution in [0.2, 0.25) is 0 Å². The second kappa shape index (κ2) is 6.74. The molecule has 0 unspecified atom stereocenters. The van der Waals surface area contributed by atoms with E-state index >= 15 is 0 Å². The molecule has 0 aromatic heterocycles. The van der Waals surface area contributed by atoms with Crippen LogP contribution in [-0.2, 0) is 6.61 Å². The largest absolute Gasteiger partial charge is 0.486 e. The van der Waals surface area contributed by atoms with E-state index in [1.54, 1.807) is 12.1 Å². The lowest BCUT2D eigenvalue weighted by molar-refractivity contribution is 0.290. The fourth-order valence-corrected chi connectivity index (χ4v) is 1.69. The predicted octanol–water partition coefficient (Wildman–Crippen LogP) is 3.02. The SMILES string of the molecule is Cc1ccc(COc2cc(C#CCN)ccc2F)cc1. The highest BCUT2D eigenvalue weighted by Crippen LogP contribution is 2.20. The molecule has 0 amide bonds.